The molecule has 4 aliphatic rings. The molecule has 1 saturated heterocycles. The third-order valence-corrected chi connectivity index (χ3v) is 7.69. The monoisotopic (exact) mass is 357 g/mol. The molecule has 2 saturated carbocycles. The molecule has 0 amide bonds. The summed E-state index contributed by atoms with van der Waals surface area (Å²) >= 11 is 0. The maximum Gasteiger partial charge on any atom is 0.310 e. The first kappa shape index (κ1) is 18.3. The number of allylic oxidation sites excluding steroid dienone is 2. The predicted octanol–water partition coefficient (Wildman–Crippen LogP) is 4.78. The zero-order valence-electron chi connectivity index (χ0n) is 16.4. The molecular weight excluding hydrogens is 322 g/mol. The first-order valence-corrected chi connectivity index (χ1v) is 10.8. The second-order valence-electron chi connectivity index (χ2n) is 9.47. The van der Waals surface area contributed by atoms with Crippen LogP contribution in [0.3, 0.4) is 0 Å². The molecule has 144 valence electrons. The highest BCUT2D eigenvalue weighted by molar-refractivity contribution is 5.75. The first-order chi connectivity index (χ1) is 12.6. The molecule has 0 aromatic rings. The van der Waals surface area contributed by atoms with Crippen LogP contribution in [0, 0.1) is 23.2 Å². The van der Waals surface area contributed by atoms with Crippen molar-refractivity contribution >= 4 is 5.97 Å². The van der Waals surface area contributed by atoms with Crippen LogP contribution in [-0.2, 0) is 9.53 Å². The summed E-state index contributed by atoms with van der Waals surface area (Å²) in [5.74, 6) is 1.05. The minimum Gasteiger partial charge on any atom is -0.462 e. The Bertz CT molecular complexity index is 595. The van der Waals surface area contributed by atoms with Crippen LogP contribution >= 0.6 is 0 Å². The van der Waals surface area contributed by atoms with Crippen molar-refractivity contribution in [3.05, 3.63) is 23.8 Å². The molecule has 3 fully saturated rings. The summed E-state index contributed by atoms with van der Waals surface area (Å²) in [6, 6.07) is 0. The van der Waals surface area contributed by atoms with Gasteiger partial charge in [-0.15, -0.1) is 0 Å². The second kappa shape index (κ2) is 7.50. The van der Waals surface area contributed by atoms with Crippen molar-refractivity contribution in [1.82, 2.24) is 5.32 Å². The Balaban J connectivity index is 1.33. The highest BCUT2D eigenvalue weighted by Gasteiger charge is 2.54. The summed E-state index contributed by atoms with van der Waals surface area (Å²) < 4.78 is 5.85. The van der Waals surface area contributed by atoms with E-state index in [1.54, 1.807) is 5.57 Å². The van der Waals surface area contributed by atoms with Crippen LogP contribution in [0.4, 0.5) is 0 Å². The van der Waals surface area contributed by atoms with E-state index in [0.717, 1.165) is 32.4 Å². The lowest BCUT2D eigenvalue weighted by Crippen LogP contribution is -2.45. The molecular formula is C23H35NO2. The third kappa shape index (κ3) is 3.52. The van der Waals surface area contributed by atoms with Gasteiger partial charge in [0, 0.05) is 12.5 Å². The standard InChI is InChI=1S/C23H35NO2/c1-16-7-6-11-23(2)14-21-18(13-20(16)23)19(22(25)26-21)15-24-12-10-17-8-4-3-5-9-17/h8,18-21,24H,1,3-7,9-15H2,2H3/t18-,19-,20+,21+,23-/m0/s1. The summed E-state index contributed by atoms with van der Waals surface area (Å²) in [4.78, 5) is 12.5. The quantitative estimate of drug-likeness (QED) is 0.437. The third-order valence-electron chi connectivity index (χ3n) is 7.69. The molecule has 0 unspecified atom stereocenters. The largest absolute Gasteiger partial charge is 0.462 e. The number of nitrogens with one attached hydrogen (secondary N) is 1. The summed E-state index contributed by atoms with van der Waals surface area (Å²) in [7, 11) is 0. The highest BCUT2D eigenvalue weighted by atomic mass is 16.6. The van der Waals surface area contributed by atoms with Gasteiger partial charge in [-0.2, -0.15) is 0 Å². The van der Waals surface area contributed by atoms with E-state index in [1.165, 1.54) is 50.5 Å². The molecule has 0 spiro atoms. The van der Waals surface area contributed by atoms with E-state index >= 15 is 0 Å². The number of hydrogen-bond acceptors (Lipinski definition) is 3. The summed E-state index contributed by atoms with van der Waals surface area (Å²) in [6.45, 7) is 8.55. The Morgan fingerprint density at radius 1 is 1.31 bits per heavy atom. The molecule has 26 heavy (non-hydrogen) atoms. The number of hydrogen-bond donors (Lipinski definition) is 1. The van der Waals surface area contributed by atoms with Gasteiger partial charge in [-0.25, -0.2) is 0 Å². The number of rotatable bonds is 5. The molecule has 1 aliphatic heterocycles. The van der Waals surface area contributed by atoms with Gasteiger partial charge in [0.1, 0.15) is 6.10 Å². The highest BCUT2D eigenvalue weighted by Crippen LogP contribution is 2.56. The average Bonchev–Trinajstić information content (AvgIpc) is 2.92. The average molecular weight is 358 g/mol. The van der Waals surface area contributed by atoms with Crippen molar-refractivity contribution in [2.45, 2.75) is 77.2 Å². The van der Waals surface area contributed by atoms with E-state index in [9.17, 15) is 4.79 Å². The molecule has 1 heterocycles. The van der Waals surface area contributed by atoms with Gasteiger partial charge in [-0.3, -0.25) is 4.79 Å². The zero-order valence-corrected chi connectivity index (χ0v) is 16.4. The molecule has 1 N–H and O–H groups in total. The van der Waals surface area contributed by atoms with E-state index in [2.05, 4.69) is 24.9 Å². The molecule has 0 aromatic heterocycles. The Morgan fingerprint density at radius 3 is 3.00 bits per heavy atom. The van der Waals surface area contributed by atoms with Gasteiger partial charge in [0.25, 0.3) is 0 Å². The predicted molar refractivity (Wildman–Crippen MR) is 105 cm³/mol. The van der Waals surface area contributed by atoms with Crippen molar-refractivity contribution < 1.29 is 9.53 Å². The van der Waals surface area contributed by atoms with E-state index in [1.807, 2.05) is 0 Å². The van der Waals surface area contributed by atoms with Crippen LogP contribution in [0.5, 0.6) is 0 Å². The van der Waals surface area contributed by atoms with Crippen LogP contribution in [-0.4, -0.2) is 25.2 Å². The van der Waals surface area contributed by atoms with Crippen LogP contribution in [0.15, 0.2) is 23.8 Å². The summed E-state index contributed by atoms with van der Waals surface area (Å²) in [5, 5.41) is 3.57. The van der Waals surface area contributed by atoms with Crippen molar-refractivity contribution in [3.63, 3.8) is 0 Å². The van der Waals surface area contributed by atoms with E-state index < -0.39 is 0 Å². The maximum atomic E-state index is 12.5. The molecule has 3 aliphatic carbocycles. The van der Waals surface area contributed by atoms with Crippen LogP contribution in [0.2, 0.25) is 0 Å². The Labute approximate surface area is 158 Å². The smallest absolute Gasteiger partial charge is 0.310 e. The number of fused-ring (bicyclic) bond motifs is 2. The number of carbonyl (C=O) groups excluding carboxylic acids is 1. The van der Waals surface area contributed by atoms with E-state index in [4.69, 9.17) is 4.74 Å². The SMILES string of the molecule is C=C1CCC[C@@]2(C)C[C@H]3OC(=O)[C@@H](CNCCC4=CCCCC4)[C@@H]3C[C@H]12. The Hall–Kier alpha value is -1.09. The van der Waals surface area contributed by atoms with Gasteiger partial charge in [0.2, 0.25) is 0 Å². The fourth-order valence-electron chi connectivity index (χ4n) is 6.13. The van der Waals surface area contributed by atoms with Crippen molar-refractivity contribution in [2.24, 2.45) is 23.2 Å². The van der Waals surface area contributed by atoms with Gasteiger partial charge < -0.3 is 10.1 Å². The summed E-state index contributed by atoms with van der Waals surface area (Å²) in [6.07, 6.45) is 14.7. The summed E-state index contributed by atoms with van der Waals surface area (Å²) in [5.41, 5.74) is 3.32. The van der Waals surface area contributed by atoms with Crippen LogP contribution in [0.1, 0.15) is 71.1 Å². The number of ether oxygens (including phenoxy) is 1. The molecule has 3 nitrogen and oxygen atoms in total. The molecule has 3 heteroatoms. The fraction of sp³-hybridized carbons (Fsp3) is 0.783. The number of carbonyl (C=O) groups is 1. The molecule has 4 rings (SSSR count). The maximum absolute atomic E-state index is 12.5. The molecule has 0 radical (unpaired) electrons. The Morgan fingerprint density at radius 2 is 2.19 bits per heavy atom. The lowest BCUT2D eigenvalue weighted by Gasteiger charge is -2.50. The van der Waals surface area contributed by atoms with E-state index in [-0.39, 0.29) is 18.0 Å². The van der Waals surface area contributed by atoms with Crippen molar-refractivity contribution in [1.29, 1.82) is 0 Å². The number of esters is 1. The van der Waals surface area contributed by atoms with Gasteiger partial charge in [-0.1, -0.05) is 30.7 Å². The molecule has 0 aromatic carbocycles. The first-order valence-electron chi connectivity index (χ1n) is 10.8. The minimum atomic E-state index is 0.0391. The lowest BCUT2D eigenvalue weighted by molar-refractivity contribution is -0.146. The molecule has 5 atom stereocenters. The fourth-order valence-corrected chi connectivity index (χ4v) is 6.13. The van der Waals surface area contributed by atoms with Crippen molar-refractivity contribution in [3.8, 4) is 0 Å². The topological polar surface area (TPSA) is 38.3 Å². The second-order valence-corrected chi connectivity index (χ2v) is 9.47. The van der Waals surface area contributed by atoms with Crippen LogP contribution < -0.4 is 5.32 Å². The van der Waals surface area contributed by atoms with Crippen molar-refractivity contribution in [2.75, 3.05) is 13.1 Å². The van der Waals surface area contributed by atoms with Gasteiger partial charge >= 0.3 is 5.97 Å². The molecule has 0 bridgehead atoms. The minimum absolute atomic E-state index is 0.0391. The van der Waals surface area contributed by atoms with Gasteiger partial charge in [0.05, 0.1) is 5.92 Å². The Kier molecular flexibility index (Phi) is 5.27. The van der Waals surface area contributed by atoms with Gasteiger partial charge in [-0.05, 0) is 82.1 Å². The lowest BCUT2D eigenvalue weighted by atomic mass is 9.55. The van der Waals surface area contributed by atoms with Crippen LogP contribution in [0.25, 0.3) is 0 Å². The normalized spacial score (nSPS) is 39.8. The zero-order chi connectivity index (χ0) is 18.1. The van der Waals surface area contributed by atoms with E-state index in [0.29, 0.717) is 17.3 Å². The van der Waals surface area contributed by atoms with Gasteiger partial charge in [0.15, 0.2) is 0 Å².